The highest BCUT2D eigenvalue weighted by Gasteiger charge is 2.29. The molecule has 5 unspecified atom stereocenters. The summed E-state index contributed by atoms with van der Waals surface area (Å²) in [6.07, 6.45) is 91.4. The van der Waals surface area contributed by atoms with Crippen LogP contribution >= 0.6 is 15.6 Å². The summed E-state index contributed by atoms with van der Waals surface area (Å²) in [6, 6.07) is 0. The SMILES string of the molecule is CC/C=C\C/C=C\C/C=C\C/C=C\C/C=C\C/C=C\CCC(=O)OCC(COP(=O)(O)OCC(O)COP(=O)(O)OCC(O)COC(=O)CCCCCCCCCCCCCCC/C=C\C/C=C\C/C=C\C/C=C\C/C=C\CC)OC(=O)CCCCCCC/C=C\C/C=C\C/C=C\CC. The van der Waals surface area contributed by atoms with Crippen molar-refractivity contribution in [3.63, 3.8) is 0 Å². The number of allylic oxidation sites excluding steroid dienone is 28. The highest BCUT2D eigenvalue weighted by molar-refractivity contribution is 7.47. The summed E-state index contributed by atoms with van der Waals surface area (Å²) in [5.41, 5.74) is 0. The second-order valence-corrected chi connectivity index (χ2v) is 27.2. The second-order valence-electron chi connectivity index (χ2n) is 24.3. The fourth-order valence-corrected chi connectivity index (χ4v) is 10.9. The van der Waals surface area contributed by atoms with Crippen LogP contribution in [-0.2, 0) is 55.8 Å². The number of esters is 3. The molecule has 0 bridgehead atoms. The van der Waals surface area contributed by atoms with Crippen LogP contribution in [0.1, 0.15) is 265 Å². The van der Waals surface area contributed by atoms with E-state index in [0.29, 0.717) is 25.7 Å². The fourth-order valence-electron chi connectivity index (χ4n) is 9.34. The summed E-state index contributed by atoms with van der Waals surface area (Å²) in [4.78, 5) is 58.5. The number of phosphoric acid groups is 2. The number of aliphatic hydroxyl groups is 2. The molecule has 16 nitrogen and oxygen atoms in total. The van der Waals surface area contributed by atoms with Gasteiger partial charge in [-0.25, -0.2) is 9.13 Å². The van der Waals surface area contributed by atoms with Crippen LogP contribution in [0, 0.1) is 0 Å². The summed E-state index contributed by atoms with van der Waals surface area (Å²) in [6.45, 7) is 2.20. The first kappa shape index (κ1) is 93.9. The van der Waals surface area contributed by atoms with Crippen molar-refractivity contribution in [2.24, 2.45) is 0 Å². The van der Waals surface area contributed by atoms with Gasteiger partial charge in [0.2, 0.25) is 0 Å². The molecule has 0 radical (unpaired) electrons. The van der Waals surface area contributed by atoms with E-state index in [1.807, 2.05) is 18.2 Å². The van der Waals surface area contributed by atoms with Crippen molar-refractivity contribution >= 4 is 33.6 Å². The Labute approximate surface area is 599 Å². The summed E-state index contributed by atoms with van der Waals surface area (Å²) in [5.74, 6) is -1.71. The molecule has 18 heteroatoms. The Morgan fingerprint density at radius 3 is 0.859 bits per heavy atom. The quantitative estimate of drug-likeness (QED) is 0.0146. The maximum absolute atomic E-state index is 12.9. The lowest BCUT2D eigenvalue weighted by Crippen LogP contribution is -2.30. The number of ether oxygens (including phenoxy) is 3. The first-order valence-electron chi connectivity index (χ1n) is 37.4. The minimum absolute atomic E-state index is 0.0355. The van der Waals surface area contributed by atoms with Gasteiger partial charge in [0, 0.05) is 19.3 Å². The third-order valence-electron chi connectivity index (χ3n) is 14.9. The van der Waals surface area contributed by atoms with E-state index >= 15 is 0 Å². The average Bonchev–Trinajstić information content (AvgIpc) is 1.92. The lowest BCUT2D eigenvalue weighted by Gasteiger charge is -2.21. The van der Waals surface area contributed by atoms with Gasteiger partial charge in [-0.2, -0.15) is 0 Å². The maximum Gasteiger partial charge on any atom is 0.472 e. The van der Waals surface area contributed by atoms with Gasteiger partial charge in [-0.3, -0.25) is 32.5 Å². The number of carbonyl (C=O) groups is 3. The molecule has 0 saturated heterocycles. The van der Waals surface area contributed by atoms with Gasteiger partial charge in [0.05, 0.1) is 26.4 Å². The molecule has 0 aliphatic carbocycles. The molecule has 0 heterocycles. The van der Waals surface area contributed by atoms with Crippen molar-refractivity contribution in [2.45, 2.75) is 283 Å². The van der Waals surface area contributed by atoms with Crippen LogP contribution in [0.3, 0.4) is 0 Å². The molecule has 4 N–H and O–H groups in total. The largest absolute Gasteiger partial charge is 0.472 e. The Kier molecular flexibility index (Phi) is 69.0. The zero-order chi connectivity index (χ0) is 72.3. The Hall–Kier alpha value is -5.09. The smallest absolute Gasteiger partial charge is 0.463 e. The van der Waals surface area contributed by atoms with Crippen LogP contribution in [0.25, 0.3) is 0 Å². The monoisotopic (exact) mass is 1420 g/mol. The Bertz CT molecular complexity index is 2480. The van der Waals surface area contributed by atoms with Gasteiger partial charge in [0.25, 0.3) is 0 Å². The lowest BCUT2D eigenvalue weighted by atomic mass is 10.0. The van der Waals surface area contributed by atoms with Crippen LogP contribution in [0.2, 0.25) is 0 Å². The first-order chi connectivity index (χ1) is 48.2. The van der Waals surface area contributed by atoms with Gasteiger partial charge < -0.3 is 34.2 Å². The zero-order valence-electron chi connectivity index (χ0n) is 61.1. The first-order valence-corrected chi connectivity index (χ1v) is 40.4. The third kappa shape index (κ3) is 73.9. The Morgan fingerprint density at radius 1 is 0.283 bits per heavy atom. The molecule has 0 aliphatic rings. The Morgan fingerprint density at radius 2 is 0.525 bits per heavy atom. The summed E-state index contributed by atoms with van der Waals surface area (Å²) in [5, 5.41) is 20.6. The average molecular weight is 1420 g/mol. The van der Waals surface area contributed by atoms with E-state index in [1.54, 1.807) is 0 Å². The van der Waals surface area contributed by atoms with Gasteiger partial charge in [0.15, 0.2) is 6.10 Å². The molecule has 0 spiro atoms. The van der Waals surface area contributed by atoms with E-state index < -0.39 is 91.5 Å². The molecule has 99 heavy (non-hydrogen) atoms. The minimum atomic E-state index is -4.95. The molecule has 0 aromatic heterocycles. The number of hydrogen-bond acceptors (Lipinski definition) is 14. The molecule has 562 valence electrons. The van der Waals surface area contributed by atoms with Crippen LogP contribution in [0.4, 0.5) is 0 Å². The van der Waals surface area contributed by atoms with Gasteiger partial charge in [-0.15, -0.1) is 0 Å². The van der Waals surface area contributed by atoms with Crippen molar-refractivity contribution in [2.75, 3.05) is 39.6 Å². The number of hydrogen-bond donors (Lipinski definition) is 4. The van der Waals surface area contributed by atoms with Crippen molar-refractivity contribution < 1.29 is 75.8 Å². The third-order valence-corrected chi connectivity index (χ3v) is 16.8. The van der Waals surface area contributed by atoms with E-state index in [0.717, 1.165) is 141 Å². The van der Waals surface area contributed by atoms with Crippen molar-refractivity contribution in [3.8, 4) is 0 Å². The van der Waals surface area contributed by atoms with Crippen LogP contribution < -0.4 is 0 Å². The number of carbonyl (C=O) groups excluding carboxylic acids is 3. The van der Waals surface area contributed by atoms with E-state index in [1.165, 1.54) is 57.8 Å². The van der Waals surface area contributed by atoms with Crippen LogP contribution in [0.15, 0.2) is 170 Å². The Balaban J connectivity index is 4.59. The molecule has 0 aromatic rings. The summed E-state index contributed by atoms with van der Waals surface area (Å²) >= 11 is 0. The summed E-state index contributed by atoms with van der Waals surface area (Å²) in [7, 11) is -9.82. The molecule has 0 aliphatic heterocycles. The van der Waals surface area contributed by atoms with E-state index in [4.69, 9.17) is 32.3 Å². The van der Waals surface area contributed by atoms with Gasteiger partial charge in [0.1, 0.15) is 25.4 Å². The lowest BCUT2D eigenvalue weighted by molar-refractivity contribution is -0.161. The van der Waals surface area contributed by atoms with E-state index in [-0.39, 0.29) is 19.3 Å². The predicted molar refractivity (Wildman–Crippen MR) is 408 cm³/mol. The molecule has 0 aromatic carbocycles. The van der Waals surface area contributed by atoms with E-state index in [2.05, 4.69) is 173 Å². The second kappa shape index (κ2) is 72.7. The van der Waals surface area contributed by atoms with Crippen LogP contribution in [-0.4, -0.2) is 95.9 Å². The molecular weight excluding hydrogens is 1290 g/mol. The molecule has 0 saturated carbocycles. The van der Waals surface area contributed by atoms with Gasteiger partial charge in [-0.1, -0.05) is 281 Å². The topological polar surface area (TPSA) is 231 Å². The maximum atomic E-state index is 12.9. The van der Waals surface area contributed by atoms with Gasteiger partial charge >= 0.3 is 33.6 Å². The highest BCUT2D eigenvalue weighted by atomic mass is 31.2. The van der Waals surface area contributed by atoms with E-state index in [9.17, 15) is 43.5 Å². The molecular formula is C81H132O16P2. The minimum Gasteiger partial charge on any atom is -0.463 e. The van der Waals surface area contributed by atoms with Crippen molar-refractivity contribution in [1.29, 1.82) is 0 Å². The van der Waals surface area contributed by atoms with Crippen molar-refractivity contribution in [3.05, 3.63) is 170 Å². The molecule has 0 rings (SSSR count). The highest BCUT2D eigenvalue weighted by Crippen LogP contribution is 2.45. The fraction of sp³-hybridized carbons (Fsp3) is 0.617. The number of aliphatic hydroxyl groups excluding tert-OH is 2. The number of rotatable bonds is 69. The predicted octanol–water partition coefficient (Wildman–Crippen LogP) is 21.6. The number of phosphoric ester groups is 2. The molecule has 0 amide bonds. The molecule has 0 fully saturated rings. The van der Waals surface area contributed by atoms with Crippen molar-refractivity contribution in [1.82, 2.24) is 0 Å². The molecule has 5 atom stereocenters. The zero-order valence-corrected chi connectivity index (χ0v) is 62.9. The number of unbranched alkanes of at least 4 members (excludes halogenated alkanes) is 18. The normalized spacial score (nSPS) is 15.0. The van der Waals surface area contributed by atoms with Crippen LogP contribution in [0.5, 0.6) is 0 Å². The van der Waals surface area contributed by atoms with Gasteiger partial charge in [-0.05, 0) is 135 Å². The standard InChI is InChI=1S/C81H132O16P2/c1-4-7-10-13-16-19-22-25-28-30-32-33-34-35-36-37-38-39-40-41-43-45-47-49-52-55-58-61-64-67-79(84)91-70-76(82)71-93-98(87,88)94-72-77(83)73-95-99(89,90)96-75-78(97-81(86)69-66-63-60-57-54-51-46-27-24-21-18-15-12-9-6-3)74-92-80(85)68-65-62-59-56-53-50-48-44-42-31-29-26-23-20-17-14-11-8-5-2/h7-12,16-21,25-29,32-33,35-36,42,44,46,50,53,59,62,76-78,82-83H,4-6,13-15,22-24,30-31,34,37-41,43,45,47-49,51-52,54-58,60-61,63-75H2,1-3H3,(H,87,88)(H,89,90)/b10-7-,11-8-,12-9-,19-16-,20-17-,21-18-,28-25-,29-26-,33-32-,36-35-,44-42-,46-27-,53-50-,62-59-. The summed E-state index contributed by atoms with van der Waals surface area (Å²) < 4.78 is 60.9.